The first-order valence-electron chi connectivity index (χ1n) is 13.6. The SMILES string of the molecule is C=CC(=O)N1CCN(c2c(C#N)c(=O)n(-c3ccccc3C(C)C)c3cc(-c4ccc(Cl)cc4Cl)c(Cl)cc23)[C@@H](C)C1. The van der Waals surface area contributed by atoms with Gasteiger partial charge >= 0.3 is 0 Å². The van der Waals surface area contributed by atoms with Crippen molar-refractivity contribution in [1.29, 1.82) is 5.26 Å². The number of nitrogens with zero attached hydrogens (tertiary/aromatic N) is 4. The molecule has 214 valence electrons. The third-order valence-corrected chi connectivity index (χ3v) is 8.63. The van der Waals surface area contributed by atoms with Gasteiger partial charge in [0.25, 0.3) is 5.56 Å². The summed E-state index contributed by atoms with van der Waals surface area (Å²) in [5, 5.41) is 12.4. The van der Waals surface area contributed by atoms with Gasteiger partial charge in [-0.3, -0.25) is 14.2 Å². The van der Waals surface area contributed by atoms with Crippen LogP contribution in [-0.4, -0.2) is 41.1 Å². The second kappa shape index (κ2) is 11.9. The van der Waals surface area contributed by atoms with Gasteiger partial charge in [0.2, 0.25) is 5.91 Å². The lowest BCUT2D eigenvalue weighted by Crippen LogP contribution is -2.54. The summed E-state index contributed by atoms with van der Waals surface area (Å²) in [4.78, 5) is 30.5. The van der Waals surface area contributed by atoms with Crippen LogP contribution in [0.5, 0.6) is 0 Å². The summed E-state index contributed by atoms with van der Waals surface area (Å²) >= 11 is 19.7. The van der Waals surface area contributed by atoms with Crippen LogP contribution >= 0.6 is 34.8 Å². The van der Waals surface area contributed by atoms with Gasteiger partial charge in [-0.1, -0.05) is 79.5 Å². The summed E-state index contributed by atoms with van der Waals surface area (Å²) in [5.74, 6) is -0.0403. The molecular formula is C33H29Cl3N4O2. The molecule has 4 aromatic rings. The van der Waals surface area contributed by atoms with Crippen LogP contribution in [0.1, 0.15) is 37.8 Å². The van der Waals surface area contributed by atoms with Crippen molar-refractivity contribution in [2.75, 3.05) is 24.5 Å². The van der Waals surface area contributed by atoms with E-state index in [2.05, 4.69) is 26.5 Å². The molecule has 1 aliphatic heterocycles. The molecule has 0 N–H and O–H groups in total. The minimum atomic E-state index is -0.430. The number of pyridine rings is 1. The smallest absolute Gasteiger partial charge is 0.275 e. The van der Waals surface area contributed by atoms with Gasteiger partial charge in [0.05, 0.1) is 16.9 Å². The molecule has 0 saturated carbocycles. The number of hydrogen-bond acceptors (Lipinski definition) is 4. The number of hydrogen-bond donors (Lipinski definition) is 0. The topological polar surface area (TPSA) is 69.3 Å². The number of piperazine rings is 1. The van der Waals surface area contributed by atoms with Crippen LogP contribution in [0.2, 0.25) is 15.1 Å². The third kappa shape index (κ3) is 5.18. The zero-order valence-corrected chi connectivity index (χ0v) is 25.8. The van der Waals surface area contributed by atoms with Crippen LogP contribution in [0.15, 0.2) is 72.0 Å². The van der Waals surface area contributed by atoms with Crippen molar-refractivity contribution in [3.63, 3.8) is 0 Å². The van der Waals surface area contributed by atoms with Gasteiger partial charge in [0.15, 0.2) is 0 Å². The highest BCUT2D eigenvalue weighted by atomic mass is 35.5. The Hall–Kier alpha value is -3.76. The van der Waals surface area contributed by atoms with E-state index < -0.39 is 5.56 Å². The van der Waals surface area contributed by atoms with Gasteiger partial charge in [0, 0.05) is 57.3 Å². The molecule has 0 spiro atoms. The van der Waals surface area contributed by atoms with Gasteiger partial charge in [-0.2, -0.15) is 5.26 Å². The number of rotatable bonds is 5. The Morgan fingerprint density at radius 1 is 1.05 bits per heavy atom. The lowest BCUT2D eigenvalue weighted by Gasteiger charge is -2.41. The number of carbonyl (C=O) groups is 1. The Morgan fingerprint density at radius 2 is 1.76 bits per heavy atom. The van der Waals surface area contributed by atoms with E-state index in [-0.39, 0.29) is 23.4 Å². The molecule has 0 bridgehead atoms. The number of fused-ring (bicyclic) bond motifs is 1. The molecule has 0 aliphatic carbocycles. The Labute approximate surface area is 259 Å². The molecule has 3 aromatic carbocycles. The maximum atomic E-state index is 14.4. The van der Waals surface area contributed by atoms with Crippen molar-refractivity contribution in [1.82, 2.24) is 9.47 Å². The van der Waals surface area contributed by atoms with Gasteiger partial charge < -0.3 is 9.80 Å². The average Bonchev–Trinajstić information content (AvgIpc) is 2.96. The average molecular weight is 620 g/mol. The minimum Gasteiger partial charge on any atom is -0.363 e. The zero-order chi connectivity index (χ0) is 30.3. The molecule has 42 heavy (non-hydrogen) atoms. The Morgan fingerprint density at radius 3 is 2.40 bits per heavy atom. The van der Waals surface area contributed by atoms with Crippen molar-refractivity contribution < 1.29 is 4.79 Å². The summed E-state index contributed by atoms with van der Waals surface area (Å²) in [7, 11) is 0. The van der Waals surface area contributed by atoms with Crippen molar-refractivity contribution in [3.05, 3.63) is 104 Å². The minimum absolute atomic E-state index is 0.0183. The fourth-order valence-corrected chi connectivity index (χ4v) is 6.52. The fraction of sp³-hybridized carbons (Fsp3) is 0.242. The number of anilines is 1. The number of amides is 1. The Bertz CT molecular complexity index is 1840. The van der Waals surface area contributed by atoms with Crippen LogP contribution in [0, 0.1) is 11.3 Å². The standard InChI is InChI=1S/C33H29Cl3N4O2/c1-5-31(41)38-12-13-39(20(4)18-38)32-25-15-28(36)24(23-11-10-21(34)14-27(23)35)16-30(25)40(33(42)26(32)17-37)29-9-7-6-8-22(29)19(2)3/h5-11,14-16,19-20H,1,12-13,18H2,2-4H3/t20-/m0/s1. The number of aromatic nitrogens is 1. The highest BCUT2D eigenvalue weighted by Crippen LogP contribution is 2.41. The molecule has 1 fully saturated rings. The molecule has 1 aliphatic rings. The molecule has 6 nitrogen and oxygen atoms in total. The molecular weight excluding hydrogens is 591 g/mol. The number of benzene rings is 3. The Kier molecular flexibility index (Phi) is 8.39. The second-order valence-electron chi connectivity index (χ2n) is 10.7. The molecule has 2 heterocycles. The van der Waals surface area contributed by atoms with Gasteiger partial charge in [-0.05, 0) is 54.8 Å². The Balaban J connectivity index is 1.87. The predicted octanol–water partition coefficient (Wildman–Crippen LogP) is 7.84. The summed E-state index contributed by atoms with van der Waals surface area (Å²) in [6.07, 6.45) is 1.30. The van der Waals surface area contributed by atoms with E-state index in [0.717, 1.165) is 5.56 Å². The molecule has 5 rings (SSSR count). The molecule has 1 atom stereocenters. The van der Waals surface area contributed by atoms with E-state index in [1.54, 1.807) is 33.7 Å². The first kappa shape index (κ1) is 29.7. The largest absolute Gasteiger partial charge is 0.363 e. The normalized spacial score (nSPS) is 15.2. The highest BCUT2D eigenvalue weighted by molar-refractivity contribution is 6.38. The molecule has 0 unspecified atom stereocenters. The molecule has 1 amide bonds. The van der Waals surface area contributed by atoms with E-state index in [1.807, 2.05) is 42.2 Å². The van der Waals surface area contributed by atoms with E-state index in [1.165, 1.54) is 6.08 Å². The molecule has 1 aromatic heterocycles. The van der Waals surface area contributed by atoms with Crippen molar-refractivity contribution in [2.24, 2.45) is 0 Å². The van der Waals surface area contributed by atoms with Crippen LogP contribution in [0.25, 0.3) is 27.7 Å². The van der Waals surface area contributed by atoms with Gasteiger partial charge in [0.1, 0.15) is 11.6 Å². The van der Waals surface area contributed by atoms with Gasteiger partial charge in [-0.15, -0.1) is 0 Å². The number of nitriles is 1. The van der Waals surface area contributed by atoms with E-state index in [9.17, 15) is 14.9 Å². The lowest BCUT2D eigenvalue weighted by atomic mass is 9.97. The predicted molar refractivity (Wildman–Crippen MR) is 172 cm³/mol. The molecule has 1 saturated heterocycles. The second-order valence-corrected chi connectivity index (χ2v) is 11.9. The quantitative estimate of drug-likeness (QED) is 0.214. The van der Waals surface area contributed by atoms with E-state index in [0.29, 0.717) is 68.1 Å². The number of carbonyl (C=O) groups excluding carboxylic acids is 1. The summed E-state index contributed by atoms with van der Waals surface area (Å²) in [6, 6.07) is 18.6. The highest BCUT2D eigenvalue weighted by Gasteiger charge is 2.31. The number of halogens is 3. The van der Waals surface area contributed by atoms with Crippen LogP contribution in [0.3, 0.4) is 0 Å². The van der Waals surface area contributed by atoms with Crippen LogP contribution in [0.4, 0.5) is 5.69 Å². The van der Waals surface area contributed by atoms with Crippen molar-refractivity contribution >= 4 is 57.3 Å². The zero-order valence-electron chi connectivity index (χ0n) is 23.5. The number of para-hydroxylation sites is 1. The molecule has 0 radical (unpaired) electrons. The van der Waals surface area contributed by atoms with E-state index in [4.69, 9.17) is 34.8 Å². The summed E-state index contributed by atoms with van der Waals surface area (Å²) in [6.45, 7) is 11.0. The third-order valence-electron chi connectivity index (χ3n) is 7.77. The maximum Gasteiger partial charge on any atom is 0.275 e. The first-order chi connectivity index (χ1) is 20.1. The van der Waals surface area contributed by atoms with Crippen molar-refractivity contribution in [3.8, 4) is 22.9 Å². The van der Waals surface area contributed by atoms with Gasteiger partial charge in [-0.25, -0.2) is 0 Å². The summed E-state index contributed by atoms with van der Waals surface area (Å²) < 4.78 is 1.61. The lowest BCUT2D eigenvalue weighted by molar-refractivity contribution is -0.126. The fourth-order valence-electron chi connectivity index (χ4n) is 5.74. The monoisotopic (exact) mass is 618 g/mol. The first-order valence-corrected chi connectivity index (χ1v) is 14.8. The van der Waals surface area contributed by atoms with Crippen LogP contribution < -0.4 is 10.5 Å². The summed E-state index contributed by atoms with van der Waals surface area (Å²) in [5.41, 5.74) is 3.63. The van der Waals surface area contributed by atoms with Crippen LogP contribution in [-0.2, 0) is 4.79 Å². The van der Waals surface area contributed by atoms with E-state index >= 15 is 0 Å². The molecule has 9 heteroatoms. The van der Waals surface area contributed by atoms with Crippen molar-refractivity contribution in [2.45, 2.75) is 32.7 Å². The maximum absolute atomic E-state index is 14.4.